The third-order valence-electron chi connectivity index (χ3n) is 3.03. The maximum atomic E-state index is 3.57. The molecular weight excluding hydrogens is 182 g/mol. The van der Waals surface area contributed by atoms with Crippen molar-refractivity contribution >= 4 is 0 Å². The maximum Gasteiger partial charge on any atom is 0.0208 e. The van der Waals surface area contributed by atoms with Gasteiger partial charge in [0.05, 0.1) is 0 Å². The Hall–Kier alpha value is -1.08. The zero-order chi connectivity index (χ0) is 10.5. The molecule has 1 aromatic rings. The van der Waals surface area contributed by atoms with Crippen molar-refractivity contribution in [3.63, 3.8) is 0 Å². The quantitative estimate of drug-likeness (QED) is 0.738. The summed E-state index contributed by atoms with van der Waals surface area (Å²) in [5, 5.41) is 3.57. The number of hydrogen-bond donors (Lipinski definition) is 1. The first-order valence-corrected chi connectivity index (χ1v) is 5.84. The highest BCUT2D eigenvalue weighted by Crippen LogP contribution is 2.11. The lowest BCUT2D eigenvalue weighted by atomic mass is 10.1. The molecule has 0 unspecified atom stereocenters. The molecule has 1 aliphatic rings. The van der Waals surface area contributed by atoms with E-state index in [1.54, 1.807) is 0 Å². The van der Waals surface area contributed by atoms with Gasteiger partial charge in [0.2, 0.25) is 0 Å². The van der Waals surface area contributed by atoms with Crippen LogP contribution in [0.1, 0.15) is 30.9 Å². The lowest BCUT2D eigenvalue weighted by molar-refractivity contribution is 0.538. The van der Waals surface area contributed by atoms with Gasteiger partial charge in [0.1, 0.15) is 0 Å². The maximum absolute atomic E-state index is 3.57. The molecule has 0 radical (unpaired) electrons. The van der Waals surface area contributed by atoms with E-state index in [1.807, 2.05) is 0 Å². The molecule has 0 aromatic heterocycles. The van der Waals surface area contributed by atoms with E-state index < -0.39 is 0 Å². The molecule has 1 nitrogen and oxygen atoms in total. The first-order valence-electron chi connectivity index (χ1n) is 5.84. The van der Waals surface area contributed by atoms with Crippen molar-refractivity contribution in [2.75, 3.05) is 0 Å². The van der Waals surface area contributed by atoms with Crippen LogP contribution in [0.5, 0.6) is 0 Å². The third-order valence-corrected chi connectivity index (χ3v) is 3.03. The Labute approximate surface area is 92.2 Å². The van der Waals surface area contributed by atoms with E-state index in [1.165, 1.54) is 24.0 Å². The molecule has 1 aliphatic carbocycles. The molecule has 0 aliphatic heterocycles. The standard InChI is InChI=1S/C14H19N/c1-2-12-7-9-13(10-8-12)11-15-14-5-3-4-6-14/h3-4,7-10,14-15H,2,5-6,11H2,1H3. The summed E-state index contributed by atoms with van der Waals surface area (Å²) in [7, 11) is 0. The normalized spacial score (nSPS) is 16.1. The highest BCUT2D eigenvalue weighted by atomic mass is 14.9. The van der Waals surface area contributed by atoms with Gasteiger partial charge in [-0.05, 0) is 30.4 Å². The van der Waals surface area contributed by atoms with Gasteiger partial charge in [0.25, 0.3) is 0 Å². The molecule has 0 heterocycles. The topological polar surface area (TPSA) is 12.0 Å². The summed E-state index contributed by atoms with van der Waals surface area (Å²) in [5.41, 5.74) is 2.81. The van der Waals surface area contributed by atoms with Crippen molar-refractivity contribution in [3.05, 3.63) is 47.5 Å². The molecular formula is C14H19N. The minimum atomic E-state index is 0.663. The smallest absolute Gasteiger partial charge is 0.0208 e. The zero-order valence-corrected chi connectivity index (χ0v) is 9.37. The Morgan fingerprint density at radius 2 is 1.67 bits per heavy atom. The predicted molar refractivity (Wildman–Crippen MR) is 64.8 cm³/mol. The van der Waals surface area contributed by atoms with Crippen LogP contribution in [0.25, 0.3) is 0 Å². The SMILES string of the molecule is CCc1ccc(CNC2CC=CC2)cc1. The molecule has 0 bridgehead atoms. The molecule has 1 heteroatoms. The van der Waals surface area contributed by atoms with E-state index >= 15 is 0 Å². The summed E-state index contributed by atoms with van der Waals surface area (Å²) >= 11 is 0. The van der Waals surface area contributed by atoms with Crippen molar-refractivity contribution in [1.82, 2.24) is 5.32 Å². The highest BCUT2D eigenvalue weighted by molar-refractivity contribution is 5.22. The second-order valence-corrected chi connectivity index (χ2v) is 4.19. The van der Waals surface area contributed by atoms with Crippen LogP contribution in [0.2, 0.25) is 0 Å². The van der Waals surface area contributed by atoms with Crippen LogP contribution in [0.4, 0.5) is 0 Å². The number of rotatable bonds is 4. The van der Waals surface area contributed by atoms with E-state index in [-0.39, 0.29) is 0 Å². The van der Waals surface area contributed by atoms with Crippen molar-refractivity contribution < 1.29 is 0 Å². The van der Waals surface area contributed by atoms with Crippen LogP contribution in [0, 0.1) is 0 Å². The van der Waals surface area contributed by atoms with E-state index in [9.17, 15) is 0 Å². The van der Waals surface area contributed by atoms with Gasteiger partial charge in [-0.1, -0.05) is 43.3 Å². The minimum absolute atomic E-state index is 0.663. The Morgan fingerprint density at radius 3 is 2.27 bits per heavy atom. The predicted octanol–water partition coefficient (Wildman–Crippen LogP) is 3.06. The van der Waals surface area contributed by atoms with Gasteiger partial charge < -0.3 is 5.32 Å². The molecule has 0 spiro atoms. The van der Waals surface area contributed by atoms with E-state index in [0.29, 0.717) is 6.04 Å². The summed E-state index contributed by atoms with van der Waals surface area (Å²) < 4.78 is 0. The Kier molecular flexibility index (Phi) is 3.57. The van der Waals surface area contributed by atoms with E-state index in [4.69, 9.17) is 0 Å². The second-order valence-electron chi connectivity index (χ2n) is 4.19. The van der Waals surface area contributed by atoms with Crippen molar-refractivity contribution in [2.45, 2.75) is 38.8 Å². The van der Waals surface area contributed by atoms with Crippen LogP contribution < -0.4 is 5.32 Å². The lowest BCUT2D eigenvalue weighted by Crippen LogP contribution is -2.25. The lowest BCUT2D eigenvalue weighted by Gasteiger charge is -2.11. The van der Waals surface area contributed by atoms with Gasteiger partial charge in [-0.2, -0.15) is 0 Å². The third kappa shape index (κ3) is 2.93. The molecule has 1 aromatic carbocycles. The second kappa shape index (κ2) is 5.13. The van der Waals surface area contributed by atoms with Crippen molar-refractivity contribution in [3.8, 4) is 0 Å². The van der Waals surface area contributed by atoms with Crippen LogP contribution in [0.15, 0.2) is 36.4 Å². The summed E-state index contributed by atoms with van der Waals surface area (Å²) in [6, 6.07) is 9.58. The molecule has 15 heavy (non-hydrogen) atoms. The van der Waals surface area contributed by atoms with Crippen LogP contribution >= 0.6 is 0 Å². The van der Waals surface area contributed by atoms with Gasteiger partial charge in [-0.25, -0.2) is 0 Å². The fourth-order valence-corrected chi connectivity index (χ4v) is 1.94. The van der Waals surface area contributed by atoms with Crippen LogP contribution in [-0.4, -0.2) is 6.04 Å². The molecule has 1 N–H and O–H groups in total. The average molecular weight is 201 g/mol. The van der Waals surface area contributed by atoms with Gasteiger partial charge in [-0.3, -0.25) is 0 Å². The summed E-state index contributed by atoms with van der Waals surface area (Å²) in [4.78, 5) is 0. The fourth-order valence-electron chi connectivity index (χ4n) is 1.94. The zero-order valence-electron chi connectivity index (χ0n) is 9.37. The minimum Gasteiger partial charge on any atom is -0.309 e. The average Bonchev–Trinajstić information content (AvgIpc) is 2.80. The molecule has 0 atom stereocenters. The number of hydrogen-bond acceptors (Lipinski definition) is 1. The van der Waals surface area contributed by atoms with Crippen LogP contribution in [0.3, 0.4) is 0 Å². The molecule has 80 valence electrons. The Balaban J connectivity index is 1.82. The first kappa shape index (κ1) is 10.4. The van der Waals surface area contributed by atoms with Crippen LogP contribution in [-0.2, 0) is 13.0 Å². The van der Waals surface area contributed by atoms with E-state index in [0.717, 1.165) is 13.0 Å². The summed E-state index contributed by atoms with van der Waals surface area (Å²) in [6.07, 6.45) is 8.02. The molecule has 0 saturated heterocycles. The number of nitrogens with one attached hydrogen (secondary N) is 1. The Bertz CT molecular complexity index is 316. The first-order chi connectivity index (χ1) is 7.38. The summed E-state index contributed by atoms with van der Waals surface area (Å²) in [5.74, 6) is 0. The van der Waals surface area contributed by atoms with Crippen molar-refractivity contribution in [2.24, 2.45) is 0 Å². The van der Waals surface area contributed by atoms with Gasteiger partial charge in [0, 0.05) is 12.6 Å². The van der Waals surface area contributed by atoms with Gasteiger partial charge >= 0.3 is 0 Å². The van der Waals surface area contributed by atoms with E-state index in [2.05, 4.69) is 48.7 Å². The molecule has 0 amide bonds. The molecule has 2 rings (SSSR count). The Morgan fingerprint density at radius 1 is 1.07 bits per heavy atom. The van der Waals surface area contributed by atoms with Crippen molar-refractivity contribution in [1.29, 1.82) is 0 Å². The monoisotopic (exact) mass is 201 g/mol. The number of benzene rings is 1. The number of aryl methyl sites for hydroxylation is 1. The molecule has 0 saturated carbocycles. The highest BCUT2D eigenvalue weighted by Gasteiger charge is 2.08. The van der Waals surface area contributed by atoms with Gasteiger partial charge in [-0.15, -0.1) is 0 Å². The molecule has 0 fully saturated rings. The van der Waals surface area contributed by atoms with Gasteiger partial charge in [0.15, 0.2) is 0 Å². The summed E-state index contributed by atoms with van der Waals surface area (Å²) in [6.45, 7) is 3.19. The fraction of sp³-hybridized carbons (Fsp3) is 0.429. The largest absolute Gasteiger partial charge is 0.309 e.